The molecule has 0 unspecified atom stereocenters. The van der Waals surface area contributed by atoms with Gasteiger partial charge in [-0.25, -0.2) is 26.7 Å². The third kappa shape index (κ3) is 6.27. The van der Waals surface area contributed by atoms with Crippen LogP contribution < -0.4 is 10.2 Å². The summed E-state index contributed by atoms with van der Waals surface area (Å²) in [5.74, 6) is -4.35. The van der Waals surface area contributed by atoms with E-state index < -0.39 is 29.1 Å². The lowest BCUT2D eigenvalue weighted by molar-refractivity contribution is 0.161. The fourth-order valence-corrected chi connectivity index (χ4v) is 5.04. The van der Waals surface area contributed by atoms with Gasteiger partial charge in [0.2, 0.25) is 0 Å². The van der Waals surface area contributed by atoms with Gasteiger partial charge in [-0.2, -0.15) is 0 Å². The molecule has 2 aliphatic rings. The van der Waals surface area contributed by atoms with Crippen LogP contribution >= 0.6 is 0 Å². The predicted molar refractivity (Wildman–Crippen MR) is 127 cm³/mol. The minimum Gasteiger partial charge on any atom is -0.368 e. The van der Waals surface area contributed by atoms with Gasteiger partial charge in [-0.3, -0.25) is 4.90 Å². The van der Waals surface area contributed by atoms with Gasteiger partial charge in [0.15, 0.2) is 17.5 Å². The summed E-state index contributed by atoms with van der Waals surface area (Å²) in [6, 6.07) is 5.09. The van der Waals surface area contributed by atoms with E-state index in [1.165, 1.54) is 6.07 Å². The number of amides is 2. The Morgan fingerprint density at radius 2 is 1.64 bits per heavy atom. The average molecular weight is 511 g/mol. The van der Waals surface area contributed by atoms with Crippen LogP contribution in [0, 0.1) is 35.0 Å². The van der Waals surface area contributed by atoms with Gasteiger partial charge in [0.05, 0.1) is 0 Å². The number of hydrogen-bond acceptors (Lipinski definition) is 3. The summed E-state index contributed by atoms with van der Waals surface area (Å²) >= 11 is 0. The first-order valence-corrected chi connectivity index (χ1v) is 12.3. The summed E-state index contributed by atoms with van der Waals surface area (Å²) in [4.78, 5) is 18.3. The minimum atomic E-state index is -1.49. The van der Waals surface area contributed by atoms with E-state index in [9.17, 15) is 26.7 Å². The number of carbonyl (C=O) groups excluding carboxylic acids is 1. The van der Waals surface area contributed by atoms with E-state index in [0.717, 1.165) is 56.6 Å². The van der Waals surface area contributed by atoms with Crippen LogP contribution in [0.5, 0.6) is 0 Å². The van der Waals surface area contributed by atoms with Gasteiger partial charge in [-0.05, 0) is 63.4 Å². The summed E-state index contributed by atoms with van der Waals surface area (Å²) in [6.07, 6.45) is 2.68. The molecule has 1 atom stereocenters. The highest BCUT2D eigenvalue weighted by Crippen LogP contribution is 2.25. The molecule has 2 heterocycles. The van der Waals surface area contributed by atoms with Crippen molar-refractivity contribution < 1.29 is 26.7 Å². The topological polar surface area (TPSA) is 38.8 Å². The van der Waals surface area contributed by atoms with Crippen LogP contribution in [-0.2, 0) is 6.54 Å². The first-order valence-electron chi connectivity index (χ1n) is 12.3. The molecular formula is C26H31F5N4O. The molecule has 0 aliphatic carbocycles. The summed E-state index contributed by atoms with van der Waals surface area (Å²) in [6.45, 7) is 5.49. The van der Waals surface area contributed by atoms with Crippen molar-refractivity contribution in [2.45, 2.75) is 38.8 Å². The van der Waals surface area contributed by atoms with Crippen LogP contribution in [0.25, 0.3) is 0 Å². The first kappa shape index (κ1) is 26.2. The van der Waals surface area contributed by atoms with Crippen molar-refractivity contribution in [1.29, 1.82) is 0 Å². The van der Waals surface area contributed by atoms with Crippen molar-refractivity contribution in [1.82, 2.24) is 15.1 Å². The van der Waals surface area contributed by atoms with E-state index >= 15 is 0 Å². The van der Waals surface area contributed by atoms with Crippen molar-refractivity contribution in [3.8, 4) is 0 Å². The van der Waals surface area contributed by atoms with E-state index in [1.807, 2.05) is 6.92 Å². The number of carbonyl (C=O) groups is 1. The Balaban J connectivity index is 1.18. The van der Waals surface area contributed by atoms with Crippen molar-refractivity contribution in [3.05, 3.63) is 65.0 Å². The van der Waals surface area contributed by atoms with Crippen LogP contribution in [0.4, 0.5) is 32.4 Å². The lowest BCUT2D eigenvalue weighted by Crippen LogP contribution is -2.56. The Hall–Kier alpha value is -2.88. The largest absolute Gasteiger partial charge is 0.368 e. The number of urea groups is 1. The molecule has 2 aromatic rings. The SMILES string of the molecule is C[C@@H]1CN(c2cc(F)c(F)c(F)c2)CCN1C(=O)NCCC1CCN(Cc2cc(F)ccc2F)CC1. The molecular weight excluding hydrogens is 479 g/mol. The molecule has 2 aliphatic heterocycles. The molecule has 2 amide bonds. The van der Waals surface area contributed by atoms with Crippen molar-refractivity contribution in [2.75, 3.05) is 44.2 Å². The average Bonchev–Trinajstić information content (AvgIpc) is 2.85. The zero-order valence-corrected chi connectivity index (χ0v) is 20.3. The third-order valence-electron chi connectivity index (χ3n) is 7.16. The number of halogens is 5. The van der Waals surface area contributed by atoms with Crippen molar-refractivity contribution in [2.24, 2.45) is 5.92 Å². The number of piperidine rings is 1. The van der Waals surface area contributed by atoms with Gasteiger partial charge in [0, 0.05) is 62.1 Å². The van der Waals surface area contributed by atoms with Gasteiger partial charge >= 0.3 is 6.03 Å². The molecule has 0 radical (unpaired) electrons. The van der Waals surface area contributed by atoms with Crippen LogP contribution in [0.3, 0.4) is 0 Å². The van der Waals surface area contributed by atoms with Gasteiger partial charge < -0.3 is 15.1 Å². The smallest absolute Gasteiger partial charge is 0.317 e. The zero-order valence-electron chi connectivity index (χ0n) is 20.3. The maximum absolute atomic E-state index is 13.9. The molecule has 0 aromatic heterocycles. The molecule has 4 rings (SSSR count). The second-order valence-electron chi connectivity index (χ2n) is 9.69. The maximum atomic E-state index is 13.9. The molecule has 0 spiro atoms. The van der Waals surface area contributed by atoms with Gasteiger partial charge in [0.25, 0.3) is 0 Å². The summed E-state index contributed by atoms with van der Waals surface area (Å²) in [7, 11) is 0. The number of nitrogens with one attached hydrogen (secondary N) is 1. The first-order chi connectivity index (χ1) is 17.2. The molecule has 196 valence electrons. The number of anilines is 1. The normalized spacial score (nSPS) is 19.6. The van der Waals surface area contributed by atoms with E-state index in [0.29, 0.717) is 44.2 Å². The molecule has 10 heteroatoms. The highest BCUT2D eigenvalue weighted by atomic mass is 19.2. The Labute approximate surface area is 207 Å². The van der Waals surface area contributed by atoms with Gasteiger partial charge in [-0.1, -0.05) is 0 Å². The molecule has 5 nitrogen and oxygen atoms in total. The van der Waals surface area contributed by atoms with Crippen LogP contribution in [0.1, 0.15) is 31.7 Å². The highest BCUT2D eigenvalue weighted by molar-refractivity contribution is 5.75. The Bertz CT molecular complexity index is 1050. The molecule has 36 heavy (non-hydrogen) atoms. The number of benzene rings is 2. The molecule has 2 fully saturated rings. The van der Waals surface area contributed by atoms with E-state index in [-0.39, 0.29) is 17.8 Å². The summed E-state index contributed by atoms with van der Waals surface area (Å²) < 4.78 is 67.7. The second kappa shape index (κ2) is 11.5. The standard InChI is InChI=1S/C26H31F5N4O/c1-17-15-34(21-13-23(29)25(31)24(30)14-21)10-11-35(17)26(36)32-7-4-18-5-8-33(9-6-18)16-19-12-20(27)2-3-22(19)28/h2-3,12-14,17-18H,4-11,15-16H2,1H3,(H,32,36)/t17-/m1/s1. The third-order valence-corrected chi connectivity index (χ3v) is 7.16. The monoisotopic (exact) mass is 510 g/mol. The summed E-state index contributed by atoms with van der Waals surface area (Å²) in [5, 5.41) is 2.97. The molecule has 2 aromatic carbocycles. The Morgan fingerprint density at radius 1 is 0.944 bits per heavy atom. The van der Waals surface area contributed by atoms with E-state index in [4.69, 9.17) is 0 Å². The highest BCUT2D eigenvalue weighted by Gasteiger charge is 2.29. The fraction of sp³-hybridized carbons (Fsp3) is 0.500. The number of hydrogen-bond donors (Lipinski definition) is 1. The van der Waals surface area contributed by atoms with E-state index in [1.54, 1.807) is 9.80 Å². The fourth-order valence-electron chi connectivity index (χ4n) is 5.04. The summed E-state index contributed by atoms with van der Waals surface area (Å²) in [5.41, 5.74) is 0.620. The Morgan fingerprint density at radius 3 is 2.31 bits per heavy atom. The molecule has 0 bridgehead atoms. The molecule has 1 N–H and O–H groups in total. The zero-order chi connectivity index (χ0) is 25.8. The predicted octanol–water partition coefficient (Wildman–Crippen LogP) is 4.90. The van der Waals surface area contributed by atoms with Crippen LogP contribution in [0.2, 0.25) is 0 Å². The second-order valence-corrected chi connectivity index (χ2v) is 9.69. The van der Waals surface area contributed by atoms with Crippen molar-refractivity contribution >= 4 is 11.7 Å². The quantitative estimate of drug-likeness (QED) is 0.444. The Kier molecular flexibility index (Phi) is 8.33. The lowest BCUT2D eigenvalue weighted by Gasteiger charge is -2.41. The van der Waals surface area contributed by atoms with Crippen LogP contribution in [-0.4, -0.2) is 61.1 Å². The van der Waals surface area contributed by atoms with E-state index in [2.05, 4.69) is 10.2 Å². The number of piperazine rings is 1. The molecule has 0 saturated carbocycles. The lowest BCUT2D eigenvalue weighted by atomic mass is 9.93. The number of rotatable bonds is 6. The number of nitrogens with zero attached hydrogens (tertiary/aromatic N) is 3. The minimum absolute atomic E-state index is 0.183. The molecule has 2 saturated heterocycles. The van der Waals surface area contributed by atoms with Crippen molar-refractivity contribution in [3.63, 3.8) is 0 Å². The number of likely N-dealkylation sites (tertiary alicyclic amines) is 1. The van der Waals surface area contributed by atoms with Gasteiger partial charge in [-0.15, -0.1) is 0 Å². The van der Waals surface area contributed by atoms with Gasteiger partial charge in [0.1, 0.15) is 11.6 Å². The maximum Gasteiger partial charge on any atom is 0.317 e. The van der Waals surface area contributed by atoms with Crippen LogP contribution in [0.15, 0.2) is 30.3 Å².